The van der Waals surface area contributed by atoms with Crippen LogP contribution in [0.25, 0.3) is 0 Å². The maximum atomic E-state index is 14.5. The van der Waals surface area contributed by atoms with Crippen LogP contribution in [-0.2, 0) is 11.3 Å². The number of hydrogen-bond acceptors (Lipinski definition) is 7. The number of rotatable bonds is 5. The average molecular weight is 431 g/mol. The van der Waals surface area contributed by atoms with Gasteiger partial charge >= 0.3 is 12.1 Å². The van der Waals surface area contributed by atoms with Crippen molar-refractivity contribution in [1.82, 2.24) is 4.90 Å². The molecular formula is C22H22FNO7. The topological polar surface area (TPSA) is 83.5 Å². The summed E-state index contributed by atoms with van der Waals surface area (Å²) in [6.07, 6.45) is 2.30. The van der Waals surface area contributed by atoms with Crippen molar-refractivity contribution < 1.29 is 37.7 Å². The molecule has 31 heavy (non-hydrogen) atoms. The number of likely N-dealkylation sites (tertiary alicyclic amines) is 1. The number of nitrogens with zero attached hydrogens (tertiary/aromatic N) is 1. The molecule has 1 saturated heterocycles. The molecule has 0 N–H and O–H groups in total. The van der Waals surface area contributed by atoms with Crippen molar-refractivity contribution in [3.63, 3.8) is 0 Å². The van der Waals surface area contributed by atoms with E-state index in [0.29, 0.717) is 30.3 Å². The molecule has 0 saturated carbocycles. The van der Waals surface area contributed by atoms with Crippen molar-refractivity contribution >= 4 is 12.1 Å². The molecule has 2 aliphatic heterocycles. The molecule has 0 unspecified atom stereocenters. The van der Waals surface area contributed by atoms with Gasteiger partial charge in [-0.15, -0.1) is 0 Å². The highest BCUT2D eigenvalue weighted by molar-refractivity contribution is 5.92. The van der Waals surface area contributed by atoms with Crippen LogP contribution in [-0.4, -0.2) is 44.0 Å². The third-order valence-electron chi connectivity index (χ3n) is 5.15. The standard InChI is InChI=1S/C22H22FNO7/c1-27-21(25)20-15(12-28-14-5-7-18-19(11-14)30-13-29-18)17(8-6-16(20)23)31-22(26)24-9-3-2-4-10-24/h5-8,11H,2-4,9-10,12-13H2,1H3. The fourth-order valence-corrected chi connectivity index (χ4v) is 3.52. The summed E-state index contributed by atoms with van der Waals surface area (Å²) in [5.41, 5.74) is -0.262. The van der Waals surface area contributed by atoms with Crippen LogP contribution >= 0.6 is 0 Å². The third kappa shape index (κ3) is 4.50. The quantitative estimate of drug-likeness (QED) is 0.664. The number of hydrogen-bond donors (Lipinski definition) is 0. The predicted molar refractivity (Wildman–Crippen MR) is 106 cm³/mol. The van der Waals surface area contributed by atoms with E-state index in [0.717, 1.165) is 32.4 Å². The Morgan fingerprint density at radius 1 is 1.06 bits per heavy atom. The predicted octanol–water partition coefficient (Wildman–Crippen LogP) is 3.90. The molecule has 2 aromatic rings. The van der Waals surface area contributed by atoms with E-state index in [9.17, 15) is 14.0 Å². The van der Waals surface area contributed by atoms with Crippen molar-refractivity contribution in [3.05, 3.63) is 47.3 Å². The van der Waals surface area contributed by atoms with E-state index in [-0.39, 0.29) is 30.3 Å². The minimum atomic E-state index is -0.891. The number of amides is 1. The molecule has 9 heteroatoms. The Balaban J connectivity index is 1.60. The van der Waals surface area contributed by atoms with E-state index in [2.05, 4.69) is 0 Å². The first-order valence-electron chi connectivity index (χ1n) is 9.95. The first kappa shape index (κ1) is 20.8. The molecule has 0 radical (unpaired) electrons. The highest BCUT2D eigenvalue weighted by atomic mass is 19.1. The highest BCUT2D eigenvalue weighted by Crippen LogP contribution is 2.36. The monoisotopic (exact) mass is 431 g/mol. The average Bonchev–Trinajstić information content (AvgIpc) is 3.27. The number of esters is 1. The maximum Gasteiger partial charge on any atom is 0.415 e. The molecule has 8 nitrogen and oxygen atoms in total. The number of fused-ring (bicyclic) bond motifs is 1. The van der Waals surface area contributed by atoms with Gasteiger partial charge in [0.1, 0.15) is 29.5 Å². The Morgan fingerprint density at radius 2 is 1.84 bits per heavy atom. The van der Waals surface area contributed by atoms with Gasteiger partial charge in [0, 0.05) is 24.7 Å². The smallest absolute Gasteiger partial charge is 0.415 e. The molecule has 4 rings (SSSR count). The van der Waals surface area contributed by atoms with Crippen LogP contribution < -0.4 is 18.9 Å². The lowest BCUT2D eigenvalue weighted by Crippen LogP contribution is -2.37. The van der Waals surface area contributed by atoms with Crippen molar-refractivity contribution in [3.8, 4) is 23.0 Å². The lowest BCUT2D eigenvalue weighted by molar-refractivity contribution is 0.0591. The summed E-state index contributed by atoms with van der Waals surface area (Å²) < 4.78 is 41.1. The van der Waals surface area contributed by atoms with Crippen molar-refractivity contribution in [2.24, 2.45) is 0 Å². The number of carbonyl (C=O) groups is 2. The second-order valence-electron chi connectivity index (χ2n) is 7.11. The molecule has 1 fully saturated rings. The molecule has 0 spiro atoms. The summed E-state index contributed by atoms with van der Waals surface area (Å²) in [4.78, 5) is 26.4. The van der Waals surface area contributed by atoms with Crippen LogP contribution in [0, 0.1) is 5.82 Å². The molecule has 2 aliphatic rings. The van der Waals surface area contributed by atoms with Gasteiger partial charge in [0.05, 0.1) is 7.11 Å². The molecule has 0 bridgehead atoms. The van der Waals surface area contributed by atoms with Gasteiger partial charge < -0.3 is 28.6 Å². The molecule has 2 heterocycles. The lowest BCUT2D eigenvalue weighted by atomic mass is 10.1. The fourth-order valence-electron chi connectivity index (χ4n) is 3.52. The zero-order chi connectivity index (χ0) is 21.8. The Bertz CT molecular complexity index is 988. The van der Waals surface area contributed by atoms with Gasteiger partial charge in [-0.05, 0) is 43.5 Å². The maximum absolute atomic E-state index is 14.5. The highest BCUT2D eigenvalue weighted by Gasteiger charge is 2.26. The molecule has 164 valence electrons. The van der Waals surface area contributed by atoms with Crippen LogP contribution in [0.2, 0.25) is 0 Å². The van der Waals surface area contributed by atoms with Gasteiger partial charge in [0.2, 0.25) is 6.79 Å². The largest absolute Gasteiger partial charge is 0.489 e. The van der Waals surface area contributed by atoms with Gasteiger partial charge in [-0.1, -0.05) is 0 Å². The molecule has 2 aromatic carbocycles. The van der Waals surface area contributed by atoms with Gasteiger partial charge in [-0.25, -0.2) is 14.0 Å². The summed E-state index contributed by atoms with van der Waals surface area (Å²) >= 11 is 0. The molecule has 1 amide bonds. The number of ether oxygens (including phenoxy) is 5. The minimum absolute atomic E-state index is 0.0399. The van der Waals surface area contributed by atoms with E-state index in [1.165, 1.54) is 6.07 Å². The minimum Gasteiger partial charge on any atom is -0.489 e. The Labute approximate surface area is 178 Å². The Morgan fingerprint density at radius 3 is 2.61 bits per heavy atom. The fraction of sp³-hybridized carbons (Fsp3) is 0.364. The SMILES string of the molecule is COC(=O)c1c(F)ccc(OC(=O)N2CCCCC2)c1COc1ccc2c(c1)OCO2. The van der Waals surface area contributed by atoms with Crippen LogP contribution in [0.4, 0.5) is 9.18 Å². The van der Waals surface area contributed by atoms with E-state index in [1.807, 2.05) is 0 Å². The van der Waals surface area contributed by atoms with E-state index in [1.54, 1.807) is 23.1 Å². The van der Waals surface area contributed by atoms with Crippen LogP contribution in [0.3, 0.4) is 0 Å². The number of benzene rings is 2. The molecule has 0 atom stereocenters. The van der Waals surface area contributed by atoms with Crippen LogP contribution in [0.15, 0.2) is 30.3 Å². The summed E-state index contributed by atoms with van der Waals surface area (Å²) in [5, 5.41) is 0. The first-order valence-corrected chi connectivity index (χ1v) is 9.95. The second-order valence-corrected chi connectivity index (χ2v) is 7.11. The van der Waals surface area contributed by atoms with Gasteiger partial charge in [0.15, 0.2) is 11.5 Å². The van der Waals surface area contributed by atoms with Crippen molar-refractivity contribution in [1.29, 1.82) is 0 Å². The first-order chi connectivity index (χ1) is 15.1. The zero-order valence-corrected chi connectivity index (χ0v) is 17.0. The molecule has 0 aliphatic carbocycles. The van der Waals surface area contributed by atoms with Gasteiger partial charge in [0.25, 0.3) is 0 Å². The summed E-state index contributed by atoms with van der Waals surface area (Å²) in [6.45, 7) is 1.07. The summed E-state index contributed by atoms with van der Waals surface area (Å²) in [6, 6.07) is 7.34. The normalized spacial score (nSPS) is 14.8. The van der Waals surface area contributed by atoms with E-state index >= 15 is 0 Å². The number of halogens is 1. The Hall–Kier alpha value is -3.49. The van der Waals surface area contributed by atoms with Crippen LogP contribution in [0.1, 0.15) is 35.2 Å². The molecule has 0 aromatic heterocycles. The third-order valence-corrected chi connectivity index (χ3v) is 5.15. The number of piperidine rings is 1. The van der Waals surface area contributed by atoms with Crippen LogP contribution in [0.5, 0.6) is 23.0 Å². The van der Waals surface area contributed by atoms with Gasteiger partial charge in [-0.2, -0.15) is 0 Å². The number of methoxy groups -OCH3 is 1. The van der Waals surface area contributed by atoms with Crippen molar-refractivity contribution in [2.45, 2.75) is 25.9 Å². The Kier molecular flexibility index (Phi) is 6.11. The van der Waals surface area contributed by atoms with E-state index in [4.69, 9.17) is 23.7 Å². The van der Waals surface area contributed by atoms with Gasteiger partial charge in [-0.3, -0.25) is 0 Å². The lowest BCUT2D eigenvalue weighted by Gasteiger charge is -2.26. The second kappa shape index (κ2) is 9.11. The zero-order valence-electron chi connectivity index (χ0n) is 17.0. The van der Waals surface area contributed by atoms with Crippen molar-refractivity contribution in [2.75, 3.05) is 27.0 Å². The van der Waals surface area contributed by atoms with E-state index < -0.39 is 17.9 Å². The number of carbonyl (C=O) groups excluding carboxylic acids is 2. The molecular weight excluding hydrogens is 409 g/mol. The summed E-state index contributed by atoms with van der Waals surface area (Å²) in [5.74, 6) is -0.131. The summed E-state index contributed by atoms with van der Waals surface area (Å²) in [7, 11) is 1.15.